The van der Waals surface area contributed by atoms with E-state index in [2.05, 4.69) is 16.3 Å². The maximum atomic E-state index is 12.7. The smallest absolute Gasteiger partial charge is 0.294 e. The molecule has 0 aliphatic carbocycles. The molecule has 0 unspecified atom stereocenters. The van der Waals surface area contributed by atoms with Gasteiger partial charge in [-0.15, -0.1) is 22.3 Å². The number of rotatable bonds is 8. The summed E-state index contributed by atoms with van der Waals surface area (Å²) >= 11 is 2.00. The molecular formula is C19H19N3O5S3. The lowest BCUT2D eigenvalue weighted by molar-refractivity contribution is -0.127. The maximum Gasteiger partial charge on any atom is 0.294 e. The van der Waals surface area contributed by atoms with Crippen molar-refractivity contribution in [2.45, 2.75) is 15.9 Å². The molecule has 1 fully saturated rings. The number of nitrogens with zero attached hydrogens (tertiary/aromatic N) is 2. The van der Waals surface area contributed by atoms with E-state index in [1.165, 1.54) is 17.0 Å². The molecule has 1 aliphatic rings. The number of carbonyl (C=O) groups excluding carboxylic acids is 2. The van der Waals surface area contributed by atoms with Crippen molar-refractivity contribution in [1.82, 2.24) is 4.90 Å². The zero-order chi connectivity index (χ0) is 21.7. The van der Waals surface area contributed by atoms with E-state index in [0.29, 0.717) is 11.4 Å². The minimum Gasteiger partial charge on any atom is -0.497 e. The Balaban J connectivity index is 1.74. The molecule has 0 radical (unpaired) electrons. The molecule has 11 heteroatoms. The van der Waals surface area contributed by atoms with Gasteiger partial charge in [0.25, 0.3) is 10.0 Å². The van der Waals surface area contributed by atoms with E-state index in [9.17, 15) is 18.0 Å². The van der Waals surface area contributed by atoms with Crippen molar-refractivity contribution in [2.75, 3.05) is 19.0 Å². The Morgan fingerprint density at radius 2 is 2.07 bits per heavy atom. The van der Waals surface area contributed by atoms with Crippen LogP contribution < -0.4 is 10.1 Å². The Bertz CT molecular complexity index is 1060. The zero-order valence-corrected chi connectivity index (χ0v) is 18.4. The summed E-state index contributed by atoms with van der Waals surface area (Å²) in [7, 11) is -2.39. The number of hydrogen-bond acceptors (Lipinski definition) is 7. The van der Waals surface area contributed by atoms with E-state index in [0.717, 1.165) is 23.1 Å². The number of anilines is 1. The third-order valence-electron chi connectivity index (χ3n) is 4.02. The number of thioether (sulfide) groups is 1. The number of carbonyl (C=O) groups is 2. The highest BCUT2D eigenvalue weighted by Crippen LogP contribution is 2.32. The molecule has 3 rings (SSSR count). The van der Waals surface area contributed by atoms with Gasteiger partial charge in [-0.2, -0.15) is 8.42 Å². The van der Waals surface area contributed by atoms with Crippen LogP contribution in [0.25, 0.3) is 0 Å². The van der Waals surface area contributed by atoms with Gasteiger partial charge in [0.2, 0.25) is 11.8 Å². The Kier molecular flexibility index (Phi) is 6.95. The molecule has 2 aromatic rings. The number of amides is 2. The van der Waals surface area contributed by atoms with Crippen molar-refractivity contribution in [3.8, 4) is 5.75 Å². The third-order valence-corrected chi connectivity index (χ3v) is 7.95. The summed E-state index contributed by atoms with van der Waals surface area (Å²) in [6.07, 6.45) is 1.35. The summed E-state index contributed by atoms with van der Waals surface area (Å²) in [6.45, 7) is 3.70. The molecule has 8 nitrogen and oxygen atoms in total. The minimum atomic E-state index is -3.94. The van der Waals surface area contributed by atoms with Crippen LogP contribution in [0.5, 0.6) is 5.75 Å². The summed E-state index contributed by atoms with van der Waals surface area (Å²) in [5.74, 6) is -0.0979. The Labute approximate surface area is 182 Å². The summed E-state index contributed by atoms with van der Waals surface area (Å²) < 4.78 is 34.0. The fourth-order valence-corrected chi connectivity index (χ4v) is 5.95. The fraction of sp³-hybridized carbons (Fsp3) is 0.211. The number of benzene rings is 1. The first-order valence-electron chi connectivity index (χ1n) is 8.75. The van der Waals surface area contributed by atoms with Gasteiger partial charge < -0.3 is 10.1 Å². The standard InChI is InChI=1S/C19H19N3O5S3/c1-3-10-22-18(24)15(12-16(23)20-13-6-8-14(27-2)9-7-13)29-19(22)21-30(25,26)17-5-4-11-28-17/h3-9,11,15H,1,10,12H2,2H3,(H,20,23)/t15-/m0/s1. The largest absolute Gasteiger partial charge is 0.497 e. The summed E-state index contributed by atoms with van der Waals surface area (Å²) in [4.78, 5) is 26.4. The number of nitrogens with one attached hydrogen (secondary N) is 1. The van der Waals surface area contributed by atoms with Crippen LogP contribution in [0.4, 0.5) is 5.69 Å². The van der Waals surface area contributed by atoms with Crippen LogP contribution in [0.1, 0.15) is 6.42 Å². The van der Waals surface area contributed by atoms with Crippen molar-refractivity contribution in [3.05, 3.63) is 54.4 Å². The average molecular weight is 466 g/mol. The fourth-order valence-electron chi connectivity index (χ4n) is 2.62. The molecule has 1 aliphatic heterocycles. The Hall–Kier alpha value is -2.63. The Morgan fingerprint density at radius 3 is 2.67 bits per heavy atom. The van der Waals surface area contributed by atoms with Crippen molar-refractivity contribution < 1.29 is 22.7 Å². The highest BCUT2D eigenvalue weighted by atomic mass is 32.2. The van der Waals surface area contributed by atoms with E-state index < -0.39 is 15.3 Å². The predicted octanol–water partition coefficient (Wildman–Crippen LogP) is 2.96. The van der Waals surface area contributed by atoms with Crippen LogP contribution >= 0.6 is 23.1 Å². The van der Waals surface area contributed by atoms with Crippen molar-refractivity contribution in [1.29, 1.82) is 0 Å². The highest BCUT2D eigenvalue weighted by Gasteiger charge is 2.39. The second kappa shape index (κ2) is 9.45. The van der Waals surface area contributed by atoms with Gasteiger partial charge in [0.1, 0.15) is 15.2 Å². The van der Waals surface area contributed by atoms with Gasteiger partial charge in [-0.1, -0.05) is 23.9 Å². The first-order chi connectivity index (χ1) is 14.3. The second-order valence-corrected chi connectivity index (χ2v) is 10.1. The summed E-state index contributed by atoms with van der Waals surface area (Å²) in [5.41, 5.74) is 0.563. The van der Waals surface area contributed by atoms with Crippen LogP contribution in [0, 0.1) is 0 Å². The molecule has 1 aromatic heterocycles. The van der Waals surface area contributed by atoms with Crippen LogP contribution in [-0.2, 0) is 19.6 Å². The third kappa shape index (κ3) is 5.10. The molecule has 2 amide bonds. The average Bonchev–Trinajstić information content (AvgIpc) is 3.34. The molecule has 0 bridgehead atoms. The maximum absolute atomic E-state index is 12.7. The monoisotopic (exact) mass is 465 g/mol. The normalized spacial score (nSPS) is 17.9. The molecule has 1 atom stereocenters. The lowest BCUT2D eigenvalue weighted by Gasteiger charge is -2.13. The first-order valence-corrected chi connectivity index (χ1v) is 12.0. The van der Waals surface area contributed by atoms with E-state index in [4.69, 9.17) is 4.74 Å². The molecule has 158 valence electrons. The van der Waals surface area contributed by atoms with Gasteiger partial charge in [0, 0.05) is 18.7 Å². The van der Waals surface area contributed by atoms with Gasteiger partial charge in [0.15, 0.2) is 5.17 Å². The Morgan fingerprint density at radius 1 is 1.33 bits per heavy atom. The van der Waals surface area contributed by atoms with Gasteiger partial charge in [0.05, 0.1) is 7.11 Å². The van der Waals surface area contributed by atoms with Gasteiger partial charge in [-0.25, -0.2) is 0 Å². The first kappa shape index (κ1) is 22.1. The molecule has 30 heavy (non-hydrogen) atoms. The second-order valence-electron chi connectivity index (χ2n) is 6.11. The van der Waals surface area contributed by atoms with Crippen LogP contribution in [0.3, 0.4) is 0 Å². The van der Waals surface area contributed by atoms with Crippen molar-refractivity contribution in [3.63, 3.8) is 0 Å². The minimum absolute atomic E-state index is 0.0375. The van der Waals surface area contributed by atoms with E-state index in [1.807, 2.05) is 0 Å². The summed E-state index contributed by atoms with van der Waals surface area (Å²) in [5, 5.41) is 3.61. The summed E-state index contributed by atoms with van der Waals surface area (Å²) in [6, 6.07) is 9.84. The number of hydrogen-bond donors (Lipinski definition) is 1. The zero-order valence-electron chi connectivity index (χ0n) is 16.0. The van der Waals surface area contributed by atoms with Crippen LogP contribution in [0.15, 0.2) is 63.0 Å². The van der Waals surface area contributed by atoms with Gasteiger partial charge >= 0.3 is 0 Å². The molecule has 1 saturated heterocycles. The SMILES string of the molecule is C=CCN1C(=O)[C@H](CC(=O)Nc2ccc(OC)cc2)SC1=NS(=O)(=O)c1cccs1. The number of ether oxygens (including phenoxy) is 1. The van der Waals surface area contributed by atoms with Crippen molar-refractivity contribution in [2.24, 2.45) is 4.40 Å². The van der Waals surface area contributed by atoms with Crippen molar-refractivity contribution >= 4 is 55.8 Å². The van der Waals surface area contributed by atoms with Gasteiger partial charge in [-0.3, -0.25) is 14.5 Å². The lowest BCUT2D eigenvalue weighted by Crippen LogP contribution is -2.33. The highest BCUT2D eigenvalue weighted by molar-refractivity contribution is 8.16. The molecule has 1 N–H and O–H groups in total. The molecule has 2 heterocycles. The number of amidine groups is 1. The van der Waals surface area contributed by atoms with Gasteiger partial charge in [-0.05, 0) is 35.7 Å². The van der Waals surface area contributed by atoms with E-state index in [-0.39, 0.29) is 34.2 Å². The molecule has 0 spiro atoms. The molecule has 1 aromatic carbocycles. The topological polar surface area (TPSA) is 105 Å². The van der Waals surface area contributed by atoms with Crippen LogP contribution in [0.2, 0.25) is 0 Å². The van der Waals surface area contributed by atoms with E-state index >= 15 is 0 Å². The van der Waals surface area contributed by atoms with E-state index in [1.54, 1.807) is 42.8 Å². The number of sulfonamides is 1. The van der Waals surface area contributed by atoms with Crippen LogP contribution in [-0.4, -0.2) is 49.2 Å². The lowest BCUT2D eigenvalue weighted by atomic mass is 10.2. The molecule has 0 saturated carbocycles. The number of methoxy groups -OCH3 is 1. The quantitative estimate of drug-likeness (QED) is 0.601. The molecular weight excluding hydrogens is 446 g/mol. The number of thiophene rings is 1. The predicted molar refractivity (Wildman–Crippen MR) is 118 cm³/mol.